The molecule has 0 radical (unpaired) electrons. The third kappa shape index (κ3) is 4.05. The van der Waals surface area contributed by atoms with Gasteiger partial charge in [-0.15, -0.1) is 0 Å². The first kappa shape index (κ1) is 16.1. The summed E-state index contributed by atoms with van der Waals surface area (Å²) >= 11 is 0. The van der Waals surface area contributed by atoms with Gasteiger partial charge >= 0.3 is 0 Å². The van der Waals surface area contributed by atoms with E-state index < -0.39 is 0 Å². The van der Waals surface area contributed by atoms with Gasteiger partial charge in [-0.05, 0) is 17.5 Å². The first-order valence-electron chi connectivity index (χ1n) is 6.40. The summed E-state index contributed by atoms with van der Waals surface area (Å²) in [6, 6.07) is 3.28. The highest BCUT2D eigenvalue weighted by Crippen LogP contribution is 2.38. The molecule has 0 heterocycles. The Kier molecular flexibility index (Phi) is 5.25. The third-order valence-electron chi connectivity index (χ3n) is 2.71. The maximum atomic E-state index is 12.2. The van der Waals surface area contributed by atoms with Crippen LogP contribution in [0.5, 0.6) is 17.2 Å². The van der Waals surface area contributed by atoms with E-state index in [0.717, 1.165) is 0 Å². The van der Waals surface area contributed by atoms with Crippen LogP contribution >= 0.6 is 0 Å². The van der Waals surface area contributed by atoms with Gasteiger partial charge < -0.3 is 19.5 Å². The molecule has 5 nitrogen and oxygen atoms in total. The Morgan fingerprint density at radius 3 is 1.90 bits per heavy atom. The summed E-state index contributed by atoms with van der Waals surface area (Å²) in [4.78, 5) is 12.2. The topological polar surface area (TPSA) is 56.8 Å². The van der Waals surface area contributed by atoms with Crippen LogP contribution in [0, 0.1) is 5.41 Å². The number of carbonyl (C=O) groups excluding carboxylic acids is 1. The van der Waals surface area contributed by atoms with E-state index in [1.54, 1.807) is 12.1 Å². The van der Waals surface area contributed by atoms with Crippen LogP contribution in [0.1, 0.15) is 31.1 Å². The Bertz CT molecular complexity index is 452. The fourth-order valence-electron chi connectivity index (χ4n) is 1.66. The number of hydrogen-bond acceptors (Lipinski definition) is 4. The van der Waals surface area contributed by atoms with Crippen molar-refractivity contribution in [2.45, 2.75) is 20.8 Å². The molecule has 0 bridgehead atoms. The molecule has 1 aromatic carbocycles. The molecule has 0 aliphatic heterocycles. The van der Waals surface area contributed by atoms with E-state index in [-0.39, 0.29) is 11.3 Å². The van der Waals surface area contributed by atoms with Crippen molar-refractivity contribution in [3.05, 3.63) is 17.7 Å². The van der Waals surface area contributed by atoms with Crippen LogP contribution in [0.4, 0.5) is 0 Å². The van der Waals surface area contributed by atoms with Crippen molar-refractivity contribution in [2.75, 3.05) is 27.9 Å². The van der Waals surface area contributed by atoms with E-state index >= 15 is 0 Å². The SMILES string of the molecule is COc1cc(C(=O)NCC(C)(C)C)cc(OC)c1OC. The lowest BCUT2D eigenvalue weighted by atomic mass is 9.97. The van der Waals surface area contributed by atoms with Crippen molar-refractivity contribution in [1.29, 1.82) is 0 Å². The highest BCUT2D eigenvalue weighted by atomic mass is 16.5. The smallest absolute Gasteiger partial charge is 0.251 e. The molecule has 112 valence electrons. The van der Waals surface area contributed by atoms with Gasteiger partial charge in [0.2, 0.25) is 5.75 Å². The van der Waals surface area contributed by atoms with Gasteiger partial charge in [-0.2, -0.15) is 0 Å². The van der Waals surface area contributed by atoms with E-state index in [4.69, 9.17) is 14.2 Å². The molecular formula is C15H23NO4. The number of benzene rings is 1. The van der Waals surface area contributed by atoms with Crippen LogP contribution in [0.2, 0.25) is 0 Å². The molecule has 0 aliphatic rings. The molecule has 5 heteroatoms. The minimum absolute atomic E-state index is 0.0241. The molecule has 0 fully saturated rings. The minimum atomic E-state index is -0.167. The van der Waals surface area contributed by atoms with Gasteiger partial charge in [-0.25, -0.2) is 0 Å². The van der Waals surface area contributed by atoms with Crippen molar-refractivity contribution in [2.24, 2.45) is 5.41 Å². The van der Waals surface area contributed by atoms with Crippen LogP contribution in [0.3, 0.4) is 0 Å². The lowest BCUT2D eigenvalue weighted by Crippen LogP contribution is -2.32. The highest BCUT2D eigenvalue weighted by molar-refractivity contribution is 5.95. The van der Waals surface area contributed by atoms with Crippen molar-refractivity contribution in [3.8, 4) is 17.2 Å². The van der Waals surface area contributed by atoms with Gasteiger partial charge in [0.1, 0.15) is 0 Å². The second kappa shape index (κ2) is 6.50. The van der Waals surface area contributed by atoms with Crippen molar-refractivity contribution in [1.82, 2.24) is 5.32 Å². The van der Waals surface area contributed by atoms with Crippen LogP contribution in [-0.4, -0.2) is 33.8 Å². The summed E-state index contributed by atoms with van der Waals surface area (Å²) < 4.78 is 15.7. The predicted molar refractivity (Wildman–Crippen MR) is 77.9 cm³/mol. The Hall–Kier alpha value is -1.91. The summed E-state index contributed by atoms with van der Waals surface area (Å²) in [7, 11) is 4.57. The molecule has 0 spiro atoms. The zero-order chi connectivity index (χ0) is 15.3. The summed E-state index contributed by atoms with van der Waals surface area (Å²) in [5, 5.41) is 2.89. The maximum Gasteiger partial charge on any atom is 0.251 e. The Balaban J connectivity index is 3.04. The third-order valence-corrected chi connectivity index (χ3v) is 2.71. The van der Waals surface area contributed by atoms with Gasteiger partial charge in [0, 0.05) is 12.1 Å². The number of ether oxygens (including phenoxy) is 3. The Morgan fingerprint density at radius 2 is 1.55 bits per heavy atom. The standard InChI is InChI=1S/C15H23NO4/c1-15(2,3)9-16-14(17)10-7-11(18-4)13(20-6)12(8-10)19-5/h7-8H,9H2,1-6H3,(H,16,17). The van der Waals surface area contributed by atoms with E-state index in [9.17, 15) is 4.79 Å². The molecular weight excluding hydrogens is 258 g/mol. The van der Waals surface area contributed by atoms with Crippen molar-refractivity contribution in [3.63, 3.8) is 0 Å². The van der Waals surface area contributed by atoms with Crippen molar-refractivity contribution < 1.29 is 19.0 Å². The molecule has 20 heavy (non-hydrogen) atoms. The van der Waals surface area contributed by atoms with Crippen LogP contribution < -0.4 is 19.5 Å². The molecule has 0 aromatic heterocycles. The van der Waals surface area contributed by atoms with E-state index in [0.29, 0.717) is 29.4 Å². The molecule has 0 saturated carbocycles. The molecule has 0 unspecified atom stereocenters. The number of carbonyl (C=O) groups is 1. The quantitative estimate of drug-likeness (QED) is 0.901. The molecule has 1 N–H and O–H groups in total. The largest absolute Gasteiger partial charge is 0.493 e. The van der Waals surface area contributed by atoms with Gasteiger partial charge in [0.15, 0.2) is 11.5 Å². The summed E-state index contributed by atoms with van der Waals surface area (Å²) in [6.45, 7) is 6.76. The predicted octanol–water partition coefficient (Wildman–Crippen LogP) is 2.49. The zero-order valence-electron chi connectivity index (χ0n) is 13.0. The fourth-order valence-corrected chi connectivity index (χ4v) is 1.66. The zero-order valence-corrected chi connectivity index (χ0v) is 13.0. The van der Waals surface area contributed by atoms with E-state index in [1.165, 1.54) is 21.3 Å². The highest BCUT2D eigenvalue weighted by Gasteiger charge is 2.18. The van der Waals surface area contributed by atoms with Gasteiger partial charge in [0.05, 0.1) is 21.3 Å². The molecule has 1 rings (SSSR count). The number of hydrogen-bond donors (Lipinski definition) is 1. The monoisotopic (exact) mass is 281 g/mol. The molecule has 0 aliphatic carbocycles. The summed E-state index contributed by atoms with van der Waals surface area (Å²) in [6.07, 6.45) is 0. The minimum Gasteiger partial charge on any atom is -0.493 e. The van der Waals surface area contributed by atoms with E-state index in [1.807, 2.05) is 0 Å². The number of methoxy groups -OCH3 is 3. The molecule has 0 atom stereocenters. The van der Waals surface area contributed by atoms with Crippen LogP contribution in [-0.2, 0) is 0 Å². The Labute approximate surface area is 120 Å². The second-order valence-electron chi connectivity index (χ2n) is 5.66. The average Bonchev–Trinajstić information content (AvgIpc) is 2.42. The van der Waals surface area contributed by atoms with Crippen LogP contribution in [0.15, 0.2) is 12.1 Å². The lowest BCUT2D eigenvalue weighted by Gasteiger charge is -2.19. The lowest BCUT2D eigenvalue weighted by molar-refractivity contribution is 0.0938. The number of amides is 1. The van der Waals surface area contributed by atoms with Gasteiger partial charge in [-0.1, -0.05) is 20.8 Å². The van der Waals surface area contributed by atoms with Crippen LogP contribution in [0.25, 0.3) is 0 Å². The van der Waals surface area contributed by atoms with Crippen molar-refractivity contribution >= 4 is 5.91 Å². The fraction of sp³-hybridized carbons (Fsp3) is 0.533. The molecule has 1 amide bonds. The Morgan fingerprint density at radius 1 is 1.05 bits per heavy atom. The number of rotatable bonds is 5. The summed E-state index contributed by atoms with van der Waals surface area (Å²) in [5.74, 6) is 1.24. The first-order valence-corrected chi connectivity index (χ1v) is 6.40. The maximum absolute atomic E-state index is 12.2. The molecule has 1 aromatic rings. The molecule has 0 saturated heterocycles. The summed E-state index contributed by atoms with van der Waals surface area (Å²) in [5.41, 5.74) is 0.500. The normalized spacial score (nSPS) is 10.9. The first-order chi connectivity index (χ1) is 9.32. The van der Waals surface area contributed by atoms with E-state index in [2.05, 4.69) is 26.1 Å². The second-order valence-corrected chi connectivity index (χ2v) is 5.66. The van der Waals surface area contributed by atoms with Gasteiger partial charge in [-0.3, -0.25) is 4.79 Å². The van der Waals surface area contributed by atoms with Gasteiger partial charge in [0.25, 0.3) is 5.91 Å². The average molecular weight is 281 g/mol. The number of nitrogens with one attached hydrogen (secondary N) is 1.